The van der Waals surface area contributed by atoms with E-state index in [0.29, 0.717) is 0 Å². The molecule has 0 aliphatic heterocycles. The molecule has 0 aromatic heterocycles. The second-order valence-electron chi connectivity index (χ2n) is 6.48. The maximum absolute atomic E-state index is 11.8. The lowest BCUT2D eigenvalue weighted by Crippen LogP contribution is -2.53. The summed E-state index contributed by atoms with van der Waals surface area (Å²) in [5.41, 5.74) is -1.44. The molecule has 0 aromatic rings. The van der Waals surface area contributed by atoms with Gasteiger partial charge >= 0.3 is 12.0 Å². The van der Waals surface area contributed by atoms with Crippen LogP contribution in [0.25, 0.3) is 0 Å². The minimum Gasteiger partial charge on any atom is -0.481 e. The topological polar surface area (TPSA) is 108 Å². The van der Waals surface area contributed by atoms with E-state index in [0.717, 1.165) is 0 Å². The van der Waals surface area contributed by atoms with Gasteiger partial charge < -0.3 is 21.1 Å². The van der Waals surface area contributed by atoms with Crippen LogP contribution in [-0.4, -0.2) is 41.1 Å². The maximum atomic E-state index is 11.8. The zero-order valence-corrected chi connectivity index (χ0v) is 13.0. The Balaban J connectivity index is 4.28. The highest BCUT2D eigenvalue weighted by Crippen LogP contribution is 2.12. The van der Waals surface area contributed by atoms with Crippen LogP contribution in [0.3, 0.4) is 0 Å². The summed E-state index contributed by atoms with van der Waals surface area (Å²) in [4.78, 5) is 34.2. The smallest absolute Gasteiger partial charge is 0.315 e. The van der Waals surface area contributed by atoms with Crippen LogP contribution >= 0.6 is 0 Å². The quantitative estimate of drug-likeness (QED) is 0.597. The zero-order chi connectivity index (χ0) is 16.1. The molecule has 20 heavy (non-hydrogen) atoms. The Morgan fingerprint density at radius 1 is 1.10 bits per heavy atom. The minimum atomic E-state index is -1.06. The molecule has 3 amide bonds. The van der Waals surface area contributed by atoms with E-state index >= 15 is 0 Å². The summed E-state index contributed by atoms with van der Waals surface area (Å²) in [7, 11) is 0. The summed E-state index contributed by atoms with van der Waals surface area (Å²) in [5, 5.41) is 16.6. The SMILES string of the molecule is CC(NC(=O)NCC(C)(C)C(=O)O)C(=O)NC(C)(C)C. The predicted molar refractivity (Wildman–Crippen MR) is 75.3 cm³/mol. The second kappa shape index (κ2) is 6.58. The number of urea groups is 1. The van der Waals surface area contributed by atoms with Crippen molar-refractivity contribution in [1.29, 1.82) is 0 Å². The van der Waals surface area contributed by atoms with Crippen LogP contribution in [0.1, 0.15) is 41.5 Å². The van der Waals surface area contributed by atoms with Gasteiger partial charge in [-0.05, 0) is 41.5 Å². The third kappa shape index (κ3) is 6.96. The summed E-state index contributed by atoms with van der Waals surface area (Å²) in [5.74, 6) is -1.30. The molecule has 0 bridgehead atoms. The number of amides is 3. The van der Waals surface area contributed by atoms with E-state index in [4.69, 9.17) is 5.11 Å². The van der Waals surface area contributed by atoms with Crippen LogP contribution in [0.2, 0.25) is 0 Å². The predicted octanol–water partition coefficient (Wildman–Crippen LogP) is 0.700. The lowest BCUT2D eigenvalue weighted by atomic mass is 9.94. The van der Waals surface area contributed by atoms with Crippen molar-refractivity contribution in [2.45, 2.75) is 53.1 Å². The van der Waals surface area contributed by atoms with E-state index in [1.165, 1.54) is 13.8 Å². The first-order chi connectivity index (χ1) is 8.85. The summed E-state index contributed by atoms with van der Waals surface area (Å²) in [6.07, 6.45) is 0. The molecule has 0 saturated carbocycles. The average molecular weight is 287 g/mol. The zero-order valence-electron chi connectivity index (χ0n) is 13.0. The number of aliphatic carboxylic acids is 1. The van der Waals surface area contributed by atoms with Gasteiger partial charge in [-0.3, -0.25) is 9.59 Å². The van der Waals surface area contributed by atoms with Crippen molar-refractivity contribution >= 4 is 17.9 Å². The molecular weight excluding hydrogens is 262 g/mol. The van der Waals surface area contributed by atoms with E-state index in [1.54, 1.807) is 6.92 Å². The summed E-state index contributed by atoms with van der Waals surface area (Å²) in [6.45, 7) is 10.1. The molecule has 0 heterocycles. The number of nitrogens with one attached hydrogen (secondary N) is 3. The van der Waals surface area contributed by atoms with Gasteiger partial charge in [-0.15, -0.1) is 0 Å². The molecule has 1 atom stereocenters. The van der Waals surface area contributed by atoms with E-state index < -0.39 is 23.5 Å². The highest BCUT2D eigenvalue weighted by molar-refractivity contribution is 5.87. The number of rotatable bonds is 5. The molecule has 4 N–H and O–H groups in total. The van der Waals surface area contributed by atoms with Gasteiger partial charge in [0.2, 0.25) is 5.91 Å². The van der Waals surface area contributed by atoms with E-state index in [2.05, 4.69) is 16.0 Å². The molecule has 7 heteroatoms. The highest BCUT2D eigenvalue weighted by Gasteiger charge is 2.28. The first kappa shape index (κ1) is 18.2. The van der Waals surface area contributed by atoms with Crippen molar-refractivity contribution < 1.29 is 19.5 Å². The van der Waals surface area contributed by atoms with Crippen LogP contribution in [0.4, 0.5) is 4.79 Å². The number of hydrogen-bond donors (Lipinski definition) is 4. The monoisotopic (exact) mass is 287 g/mol. The Labute approximate surface area is 119 Å². The molecule has 0 radical (unpaired) electrons. The van der Waals surface area contributed by atoms with Crippen LogP contribution in [0.15, 0.2) is 0 Å². The second-order valence-corrected chi connectivity index (χ2v) is 6.48. The fourth-order valence-corrected chi connectivity index (χ4v) is 1.17. The third-order valence-corrected chi connectivity index (χ3v) is 2.51. The van der Waals surface area contributed by atoms with Gasteiger partial charge in [0.1, 0.15) is 6.04 Å². The average Bonchev–Trinajstić information content (AvgIpc) is 2.23. The molecule has 0 aliphatic rings. The van der Waals surface area contributed by atoms with Crippen LogP contribution in [-0.2, 0) is 9.59 Å². The van der Waals surface area contributed by atoms with Crippen LogP contribution in [0.5, 0.6) is 0 Å². The molecule has 0 spiro atoms. The van der Waals surface area contributed by atoms with Gasteiger partial charge in [-0.25, -0.2) is 4.79 Å². The van der Waals surface area contributed by atoms with Crippen molar-refractivity contribution in [1.82, 2.24) is 16.0 Å². The Bertz CT molecular complexity index is 386. The number of hydrogen-bond acceptors (Lipinski definition) is 3. The Hall–Kier alpha value is -1.79. The van der Waals surface area contributed by atoms with E-state index in [-0.39, 0.29) is 18.0 Å². The molecule has 7 nitrogen and oxygen atoms in total. The fraction of sp³-hybridized carbons (Fsp3) is 0.769. The lowest BCUT2D eigenvalue weighted by Gasteiger charge is -2.24. The highest BCUT2D eigenvalue weighted by atomic mass is 16.4. The van der Waals surface area contributed by atoms with E-state index in [1.807, 2.05) is 20.8 Å². The van der Waals surface area contributed by atoms with Crippen LogP contribution in [0, 0.1) is 5.41 Å². The summed E-state index contributed by atoms with van der Waals surface area (Å²) < 4.78 is 0. The minimum absolute atomic E-state index is 0.0260. The molecule has 0 fully saturated rings. The Kier molecular flexibility index (Phi) is 5.99. The number of carboxylic acids is 1. The van der Waals surface area contributed by atoms with Gasteiger partial charge in [0.15, 0.2) is 0 Å². The van der Waals surface area contributed by atoms with Crippen molar-refractivity contribution in [2.75, 3.05) is 6.54 Å². The van der Waals surface area contributed by atoms with E-state index in [9.17, 15) is 14.4 Å². The lowest BCUT2D eigenvalue weighted by molar-refractivity contribution is -0.146. The Morgan fingerprint density at radius 2 is 1.60 bits per heavy atom. The van der Waals surface area contributed by atoms with Crippen molar-refractivity contribution in [3.63, 3.8) is 0 Å². The molecule has 0 saturated heterocycles. The first-order valence-electron chi connectivity index (χ1n) is 6.45. The molecule has 116 valence electrons. The fourth-order valence-electron chi connectivity index (χ4n) is 1.17. The third-order valence-electron chi connectivity index (χ3n) is 2.51. The maximum Gasteiger partial charge on any atom is 0.315 e. The van der Waals surface area contributed by atoms with Crippen molar-refractivity contribution in [2.24, 2.45) is 5.41 Å². The molecule has 0 aromatic carbocycles. The van der Waals surface area contributed by atoms with Crippen molar-refractivity contribution in [3.05, 3.63) is 0 Å². The molecule has 1 unspecified atom stereocenters. The van der Waals surface area contributed by atoms with Gasteiger partial charge in [-0.1, -0.05) is 0 Å². The normalized spacial score (nSPS) is 13.3. The summed E-state index contributed by atoms with van der Waals surface area (Å²) >= 11 is 0. The first-order valence-corrected chi connectivity index (χ1v) is 6.45. The largest absolute Gasteiger partial charge is 0.481 e. The van der Waals surface area contributed by atoms with Gasteiger partial charge in [-0.2, -0.15) is 0 Å². The van der Waals surface area contributed by atoms with Crippen LogP contribution < -0.4 is 16.0 Å². The van der Waals surface area contributed by atoms with Gasteiger partial charge in [0.25, 0.3) is 0 Å². The summed E-state index contributed by atoms with van der Waals surface area (Å²) in [6, 6.07) is -1.28. The molecule has 0 rings (SSSR count). The molecule has 0 aliphatic carbocycles. The molecular formula is C13H25N3O4. The number of carbonyl (C=O) groups excluding carboxylic acids is 2. The Morgan fingerprint density at radius 3 is 2.00 bits per heavy atom. The standard InChI is InChI=1S/C13H25N3O4/c1-8(9(17)16-12(2,3)4)15-11(20)14-7-13(5,6)10(18)19/h8H,7H2,1-6H3,(H,16,17)(H,18,19)(H2,14,15,20). The van der Waals surface area contributed by atoms with Crippen molar-refractivity contribution in [3.8, 4) is 0 Å². The van der Waals surface area contributed by atoms with Gasteiger partial charge in [0.05, 0.1) is 5.41 Å². The van der Waals surface area contributed by atoms with Gasteiger partial charge in [0, 0.05) is 12.1 Å². The number of carbonyl (C=O) groups is 3. The number of carboxylic acid groups (broad SMARTS) is 1.